The molecule has 0 radical (unpaired) electrons. The van der Waals surface area contributed by atoms with E-state index in [-0.39, 0.29) is 0 Å². The molecule has 14 heavy (non-hydrogen) atoms. The van der Waals surface area contributed by atoms with Gasteiger partial charge >= 0.3 is 0 Å². The van der Waals surface area contributed by atoms with Gasteiger partial charge in [0.25, 0.3) is 0 Å². The highest BCUT2D eigenvalue weighted by atomic mass is 15.0. The minimum absolute atomic E-state index is 0.434. The van der Waals surface area contributed by atoms with Crippen LogP contribution in [-0.4, -0.2) is 12.6 Å². The van der Waals surface area contributed by atoms with Crippen LogP contribution in [0.25, 0.3) is 0 Å². The molecule has 2 aliphatic rings. The molecular formula is C13H21N. The molecule has 0 amide bonds. The molecular weight excluding hydrogens is 170 g/mol. The summed E-state index contributed by atoms with van der Waals surface area (Å²) >= 11 is 0. The zero-order valence-electron chi connectivity index (χ0n) is 9.56. The van der Waals surface area contributed by atoms with Crippen LogP contribution in [0, 0.1) is 29.1 Å². The lowest BCUT2D eigenvalue weighted by molar-refractivity contribution is 0.113. The van der Waals surface area contributed by atoms with Crippen molar-refractivity contribution in [1.29, 1.82) is 0 Å². The summed E-state index contributed by atoms with van der Waals surface area (Å²) in [6.45, 7) is 7.94. The first kappa shape index (κ1) is 10.1. The zero-order valence-corrected chi connectivity index (χ0v) is 9.56. The topological polar surface area (TPSA) is 12.0 Å². The number of fused-ring (bicyclic) bond motifs is 2. The van der Waals surface area contributed by atoms with Crippen molar-refractivity contribution in [2.45, 2.75) is 46.1 Å². The van der Waals surface area contributed by atoms with Gasteiger partial charge in [-0.25, -0.2) is 0 Å². The SMILES string of the molecule is C#CCNC1C2(C)CCC(C2)C1(C)C. The first-order valence-electron chi connectivity index (χ1n) is 5.67. The van der Waals surface area contributed by atoms with E-state index in [0.29, 0.717) is 16.9 Å². The van der Waals surface area contributed by atoms with Gasteiger partial charge in [-0.05, 0) is 36.0 Å². The summed E-state index contributed by atoms with van der Waals surface area (Å²) in [7, 11) is 0. The van der Waals surface area contributed by atoms with Gasteiger partial charge in [-0.3, -0.25) is 0 Å². The standard InChI is InChI=1S/C13H21N/c1-5-8-14-11-12(2,3)10-6-7-13(11,4)9-10/h1,10-11,14H,6-9H2,2-4H3. The van der Waals surface area contributed by atoms with Crippen molar-refractivity contribution in [1.82, 2.24) is 5.32 Å². The van der Waals surface area contributed by atoms with E-state index in [2.05, 4.69) is 32.0 Å². The summed E-state index contributed by atoms with van der Waals surface area (Å²) < 4.78 is 0. The summed E-state index contributed by atoms with van der Waals surface area (Å²) in [6.07, 6.45) is 9.51. The van der Waals surface area contributed by atoms with Crippen molar-refractivity contribution in [3.63, 3.8) is 0 Å². The quantitative estimate of drug-likeness (QED) is 0.661. The Morgan fingerprint density at radius 3 is 2.64 bits per heavy atom. The Bertz CT molecular complexity index is 269. The van der Waals surface area contributed by atoms with E-state index in [9.17, 15) is 0 Å². The van der Waals surface area contributed by atoms with E-state index in [1.807, 2.05) is 0 Å². The van der Waals surface area contributed by atoms with Crippen LogP contribution in [0.15, 0.2) is 0 Å². The molecule has 1 N–H and O–H groups in total. The largest absolute Gasteiger partial charge is 0.302 e. The first-order valence-corrected chi connectivity index (χ1v) is 5.67. The maximum absolute atomic E-state index is 5.32. The number of rotatable bonds is 2. The van der Waals surface area contributed by atoms with Crippen LogP contribution in [0.2, 0.25) is 0 Å². The molecule has 3 atom stereocenters. The fraction of sp³-hybridized carbons (Fsp3) is 0.846. The molecule has 2 fully saturated rings. The van der Waals surface area contributed by atoms with Gasteiger partial charge in [0.15, 0.2) is 0 Å². The van der Waals surface area contributed by atoms with Crippen molar-refractivity contribution >= 4 is 0 Å². The van der Waals surface area contributed by atoms with E-state index in [1.165, 1.54) is 19.3 Å². The molecule has 78 valence electrons. The van der Waals surface area contributed by atoms with E-state index in [0.717, 1.165) is 12.5 Å². The number of nitrogens with one attached hydrogen (secondary N) is 1. The second-order valence-electron chi connectivity index (χ2n) is 5.93. The molecule has 0 aromatic carbocycles. The van der Waals surface area contributed by atoms with Crippen molar-refractivity contribution in [3.05, 3.63) is 0 Å². The zero-order chi connectivity index (χ0) is 10.4. The van der Waals surface area contributed by atoms with Gasteiger partial charge in [0, 0.05) is 6.04 Å². The third-order valence-corrected chi connectivity index (χ3v) is 4.68. The second-order valence-corrected chi connectivity index (χ2v) is 5.93. The van der Waals surface area contributed by atoms with E-state index < -0.39 is 0 Å². The van der Waals surface area contributed by atoms with Crippen LogP contribution < -0.4 is 5.32 Å². The van der Waals surface area contributed by atoms with E-state index >= 15 is 0 Å². The molecule has 1 nitrogen and oxygen atoms in total. The number of terminal acetylenes is 1. The maximum atomic E-state index is 5.32. The van der Waals surface area contributed by atoms with Crippen LogP contribution in [0.5, 0.6) is 0 Å². The Morgan fingerprint density at radius 2 is 2.14 bits per heavy atom. The van der Waals surface area contributed by atoms with Crippen molar-refractivity contribution in [2.24, 2.45) is 16.7 Å². The minimum atomic E-state index is 0.434. The molecule has 2 bridgehead atoms. The third kappa shape index (κ3) is 1.21. The minimum Gasteiger partial charge on any atom is -0.302 e. The fourth-order valence-corrected chi connectivity index (χ4v) is 3.97. The highest BCUT2D eigenvalue weighted by Gasteiger charge is 2.58. The lowest BCUT2D eigenvalue weighted by atomic mass is 9.68. The van der Waals surface area contributed by atoms with Crippen molar-refractivity contribution in [3.8, 4) is 12.3 Å². The molecule has 0 aromatic rings. The van der Waals surface area contributed by atoms with Gasteiger partial charge in [-0.1, -0.05) is 26.7 Å². The van der Waals surface area contributed by atoms with Gasteiger partial charge in [0.1, 0.15) is 0 Å². The van der Waals surface area contributed by atoms with Crippen LogP contribution in [0.4, 0.5) is 0 Å². The fourth-order valence-electron chi connectivity index (χ4n) is 3.97. The Labute approximate surface area is 87.7 Å². The first-order chi connectivity index (χ1) is 6.50. The number of hydrogen-bond donors (Lipinski definition) is 1. The Morgan fingerprint density at radius 1 is 1.43 bits per heavy atom. The highest BCUT2D eigenvalue weighted by Crippen LogP contribution is 2.62. The third-order valence-electron chi connectivity index (χ3n) is 4.68. The Balaban J connectivity index is 2.18. The molecule has 2 aliphatic carbocycles. The Kier molecular flexibility index (Phi) is 2.16. The van der Waals surface area contributed by atoms with Gasteiger partial charge < -0.3 is 5.32 Å². The van der Waals surface area contributed by atoms with Gasteiger partial charge in [0.2, 0.25) is 0 Å². The average molecular weight is 191 g/mol. The molecule has 3 unspecified atom stereocenters. The number of hydrogen-bond acceptors (Lipinski definition) is 1. The molecule has 0 heterocycles. The summed E-state index contributed by atoms with van der Waals surface area (Å²) in [4.78, 5) is 0. The van der Waals surface area contributed by atoms with Crippen LogP contribution in [-0.2, 0) is 0 Å². The van der Waals surface area contributed by atoms with Gasteiger partial charge in [0.05, 0.1) is 6.54 Å². The normalized spacial score (nSPS) is 43.9. The van der Waals surface area contributed by atoms with Crippen LogP contribution in [0.3, 0.4) is 0 Å². The predicted molar refractivity (Wildman–Crippen MR) is 59.9 cm³/mol. The molecule has 1 heteroatoms. The summed E-state index contributed by atoms with van der Waals surface area (Å²) in [5.74, 6) is 3.60. The molecule has 0 spiro atoms. The monoisotopic (exact) mass is 191 g/mol. The molecule has 0 saturated heterocycles. The van der Waals surface area contributed by atoms with Gasteiger partial charge in [-0.15, -0.1) is 6.42 Å². The predicted octanol–water partition coefficient (Wildman–Crippen LogP) is 2.42. The molecule has 2 saturated carbocycles. The highest BCUT2D eigenvalue weighted by molar-refractivity contribution is 5.12. The summed E-state index contributed by atoms with van der Waals surface area (Å²) in [6, 6.07) is 0.616. The lowest BCUT2D eigenvalue weighted by Crippen LogP contribution is -2.50. The van der Waals surface area contributed by atoms with Crippen LogP contribution >= 0.6 is 0 Å². The lowest BCUT2D eigenvalue weighted by Gasteiger charge is -2.43. The van der Waals surface area contributed by atoms with Crippen molar-refractivity contribution < 1.29 is 0 Å². The summed E-state index contributed by atoms with van der Waals surface area (Å²) in [5.41, 5.74) is 0.939. The smallest absolute Gasteiger partial charge is 0.0576 e. The molecule has 2 rings (SSSR count). The average Bonchev–Trinajstić information content (AvgIpc) is 2.55. The van der Waals surface area contributed by atoms with E-state index in [1.54, 1.807) is 0 Å². The summed E-state index contributed by atoms with van der Waals surface area (Å²) in [5, 5.41) is 3.56. The van der Waals surface area contributed by atoms with Crippen LogP contribution in [0.1, 0.15) is 40.0 Å². The van der Waals surface area contributed by atoms with Gasteiger partial charge in [-0.2, -0.15) is 0 Å². The molecule has 0 aliphatic heterocycles. The second kappa shape index (κ2) is 3.00. The molecule has 0 aromatic heterocycles. The Hall–Kier alpha value is -0.480. The van der Waals surface area contributed by atoms with Crippen molar-refractivity contribution in [2.75, 3.05) is 6.54 Å². The van der Waals surface area contributed by atoms with E-state index in [4.69, 9.17) is 6.42 Å². The maximum Gasteiger partial charge on any atom is 0.0576 e.